The van der Waals surface area contributed by atoms with Crippen molar-refractivity contribution in [1.82, 2.24) is 10.3 Å². The highest BCUT2D eigenvalue weighted by atomic mass is 16.5. The fraction of sp³-hybridized carbons (Fsp3) is 0.235. The van der Waals surface area contributed by atoms with E-state index in [1.54, 1.807) is 19.1 Å². The molecule has 0 aliphatic rings. The van der Waals surface area contributed by atoms with Crippen LogP contribution in [0, 0.1) is 6.92 Å². The minimum absolute atomic E-state index is 0.0815. The highest BCUT2D eigenvalue weighted by Crippen LogP contribution is 2.03. The predicted octanol–water partition coefficient (Wildman–Crippen LogP) is 1.22. The molecule has 1 aromatic carbocycles. The van der Waals surface area contributed by atoms with Crippen molar-refractivity contribution < 1.29 is 19.4 Å². The number of rotatable bonds is 6. The summed E-state index contributed by atoms with van der Waals surface area (Å²) < 4.78 is 5.11. The van der Waals surface area contributed by atoms with Gasteiger partial charge in [0, 0.05) is 11.9 Å². The summed E-state index contributed by atoms with van der Waals surface area (Å²) >= 11 is 0. The number of nitrogens with one attached hydrogen (secondary N) is 1. The van der Waals surface area contributed by atoms with E-state index in [4.69, 9.17) is 4.74 Å². The Morgan fingerprint density at radius 2 is 1.96 bits per heavy atom. The van der Waals surface area contributed by atoms with E-state index >= 15 is 0 Å². The minimum Gasteiger partial charge on any atom is -0.459 e. The second-order valence-electron chi connectivity index (χ2n) is 4.99. The third-order valence-electron chi connectivity index (χ3n) is 3.17. The zero-order chi connectivity index (χ0) is 16.7. The number of nitrogens with zero attached hydrogens (tertiary/aromatic N) is 1. The van der Waals surface area contributed by atoms with Gasteiger partial charge in [-0.2, -0.15) is 0 Å². The molecule has 0 radical (unpaired) electrons. The molecule has 1 amide bonds. The summed E-state index contributed by atoms with van der Waals surface area (Å²) in [5.74, 6) is -1.18. The third kappa shape index (κ3) is 4.89. The van der Waals surface area contributed by atoms with Crippen LogP contribution in [0.5, 0.6) is 0 Å². The number of aryl methyl sites for hydroxylation is 1. The van der Waals surface area contributed by atoms with Gasteiger partial charge in [-0.1, -0.05) is 30.3 Å². The second-order valence-corrected chi connectivity index (χ2v) is 4.99. The zero-order valence-corrected chi connectivity index (χ0v) is 12.7. The fourth-order valence-corrected chi connectivity index (χ4v) is 1.85. The smallest absolute Gasteiger partial charge is 0.331 e. The summed E-state index contributed by atoms with van der Waals surface area (Å²) in [6.07, 6.45) is 1.41. The Kier molecular flexibility index (Phi) is 5.82. The highest BCUT2D eigenvalue weighted by molar-refractivity contribution is 5.96. The van der Waals surface area contributed by atoms with Crippen LogP contribution in [0.4, 0.5) is 0 Å². The molecule has 0 spiro atoms. The molecular weight excluding hydrogens is 296 g/mol. The van der Waals surface area contributed by atoms with E-state index in [-0.39, 0.29) is 6.61 Å². The number of aliphatic hydroxyl groups is 1. The van der Waals surface area contributed by atoms with Crippen molar-refractivity contribution >= 4 is 11.9 Å². The van der Waals surface area contributed by atoms with Gasteiger partial charge >= 0.3 is 5.97 Å². The summed E-state index contributed by atoms with van der Waals surface area (Å²) in [5.41, 5.74) is 1.92. The number of amides is 1. The van der Waals surface area contributed by atoms with Crippen molar-refractivity contribution in [2.45, 2.75) is 19.6 Å². The fourth-order valence-electron chi connectivity index (χ4n) is 1.85. The summed E-state index contributed by atoms with van der Waals surface area (Å²) in [5, 5.41) is 11.7. The van der Waals surface area contributed by atoms with Crippen LogP contribution in [0.25, 0.3) is 0 Å². The molecule has 0 aliphatic heterocycles. The lowest BCUT2D eigenvalue weighted by Crippen LogP contribution is -2.44. The molecule has 0 saturated heterocycles. The SMILES string of the molecule is Cc1ccc(C(=O)N[C@@H](CO)C(=O)OCc2ccccc2)cn1. The van der Waals surface area contributed by atoms with Crippen molar-refractivity contribution in [3.05, 3.63) is 65.5 Å². The van der Waals surface area contributed by atoms with Crippen LogP contribution < -0.4 is 5.32 Å². The first-order valence-electron chi connectivity index (χ1n) is 7.15. The van der Waals surface area contributed by atoms with E-state index in [0.29, 0.717) is 5.56 Å². The number of esters is 1. The van der Waals surface area contributed by atoms with E-state index in [2.05, 4.69) is 10.3 Å². The summed E-state index contributed by atoms with van der Waals surface area (Å²) in [7, 11) is 0. The van der Waals surface area contributed by atoms with Gasteiger partial charge in [-0.15, -0.1) is 0 Å². The van der Waals surface area contributed by atoms with Crippen molar-refractivity contribution in [2.75, 3.05) is 6.61 Å². The number of pyridine rings is 1. The Labute approximate surface area is 134 Å². The molecule has 120 valence electrons. The number of ether oxygens (including phenoxy) is 1. The summed E-state index contributed by atoms with van der Waals surface area (Å²) in [6.45, 7) is 1.34. The highest BCUT2D eigenvalue weighted by Gasteiger charge is 2.22. The Morgan fingerprint density at radius 3 is 2.57 bits per heavy atom. The molecule has 0 unspecified atom stereocenters. The zero-order valence-electron chi connectivity index (χ0n) is 12.7. The van der Waals surface area contributed by atoms with Crippen LogP contribution in [0.3, 0.4) is 0 Å². The van der Waals surface area contributed by atoms with Crippen molar-refractivity contribution in [1.29, 1.82) is 0 Å². The first kappa shape index (κ1) is 16.6. The molecule has 6 heteroatoms. The first-order chi connectivity index (χ1) is 11.1. The van der Waals surface area contributed by atoms with Gasteiger partial charge in [-0.05, 0) is 24.6 Å². The number of hydrogen-bond donors (Lipinski definition) is 2. The standard InChI is InChI=1S/C17H18N2O4/c1-12-7-8-14(9-18-12)16(21)19-15(10-20)17(22)23-11-13-5-3-2-4-6-13/h2-9,15,20H,10-11H2,1H3,(H,19,21)/t15-/m0/s1. The van der Waals surface area contributed by atoms with Crippen molar-refractivity contribution in [3.8, 4) is 0 Å². The number of hydrogen-bond acceptors (Lipinski definition) is 5. The van der Waals surface area contributed by atoms with Crippen molar-refractivity contribution in [3.63, 3.8) is 0 Å². The summed E-state index contributed by atoms with van der Waals surface area (Å²) in [6, 6.07) is 11.3. The third-order valence-corrected chi connectivity index (χ3v) is 3.17. The second kappa shape index (κ2) is 8.05. The molecule has 6 nitrogen and oxygen atoms in total. The number of aromatic nitrogens is 1. The largest absolute Gasteiger partial charge is 0.459 e. The predicted molar refractivity (Wildman–Crippen MR) is 83.6 cm³/mol. The van der Waals surface area contributed by atoms with Gasteiger partial charge in [0.15, 0.2) is 6.04 Å². The topological polar surface area (TPSA) is 88.5 Å². The average molecular weight is 314 g/mol. The molecule has 2 aromatic rings. The maximum atomic E-state index is 12.0. The molecule has 0 fully saturated rings. The average Bonchev–Trinajstić information content (AvgIpc) is 2.59. The van der Waals surface area contributed by atoms with Gasteiger partial charge < -0.3 is 15.2 Å². The van der Waals surface area contributed by atoms with E-state index in [1.807, 2.05) is 30.3 Å². The minimum atomic E-state index is -1.12. The van der Waals surface area contributed by atoms with Crippen LogP contribution in [0.15, 0.2) is 48.7 Å². The van der Waals surface area contributed by atoms with E-state index in [1.165, 1.54) is 6.20 Å². The maximum absolute atomic E-state index is 12.0. The van der Waals surface area contributed by atoms with E-state index in [9.17, 15) is 14.7 Å². The van der Waals surface area contributed by atoms with Crippen LogP contribution in [-0.2, 0) is 16.1 Å². The molecule has 2 N–H and O–H groups in total. The van der Waals surface area contributed by atoms with Gasteiger partial charge in [-0.3, -0.25) is 9.78 Å². The van der Waals surface area contributed by atoms with Crippen LogP contribution >= 0.6 is 0 Å². The Bertz CT molecular complexity index is 656. The maximum Gasteiger partial charge on any atom is 0.331 e. The quantitative estimate of drug-likeness (QED) is 0.783. The van der Waals surface area contributed by atoms with Crippen LogP contribution in [0.2, 0.25) is 0 Å². The lowest BCUT2D eigenvalue weighted by Gasteiger charge is -2.15. The Balaban J connectivity index is 1.92. The normalized spacial score (nSPS) is 11.6. The Hall–Kier alpha value is -2.73. The Morgan fingerprint density at radius 1 is 1.22 bits per heavy atom. The molecule has 0 aliphatic carbocycles. The van der Waals surface area contributed by atoms with Crippen molar-refractivity contribution in [2.24, 2.45) is 0 Å². The van der Waals surface area contributed by atoms with Crippen LogP contribution in [0.1, 0.15) is 21.6 Å². The number of carbonyl (C=O) groups is 2. The molecule has 0 saturated carbocycles. The molecule has 2 rings (SSSR count). The summed E-state index contributed by atoms with van der Waals surface area (Å²) in [4.78, 5) is 28.0. The van der Waals surface area contributed by atoms with Gasteiger partial charge in [0.05, 0.1) is 12.2 Å². The number of benzene rings is 1. The van der Waals surface area contributed by atoms with Gasteiger partial charge in [0.1, 0.15) is 6.61 Å². The molecule has 0 bridgehead atoms. The molecule has 1 heterocycles. The van der Waals surface area contributed by atoms with Gasteiger partial charge in [-0.25, -0.2) is 4.79 Å². The van der Waals surface area contributed by atoms with Crippen LogP contribution in [-0.4, -0.2) is 34.6 Å². The van der Waals surface area contributed by atoms with Gasteiger partial charge in [0.2, 0.25) is 0 Å². The number of carbonyl (C=O) groups excluding carboxylic acids is 2. The molecular formula is C17H18N2O4. The van der Waals surface area contributed by atoms with Gasteiger partial charge in [0.25, 0.3) is 5.91 Å². The molecule has 1 aromatic heterocycles. The molecule has 1 atom stereocenters. The number of aliphatic hydroxyl groups excluding tert-OH is 1. The molecule has 23 heavy (non-hydrogen) atoms. The lowest BCUT2D eigenvalue weighted by atomic mass is 10.2. The van der Waals surface area contributed by atoms with E-state index in [0.717, 1.165) is 11.3 Å². The van der Waals surface area contributed by atoms with E-state index < -0.39 is 24.5 Å². The monoisotopic (exact) mass is 314 g/mol. The first-order valence-corrected chi connectivity index (χ1v) is 7.15. The lowest BCUT2D eigenvalue weighted by molar-refractivity contribution is -0.148.